The molecule has 0 aliphatic heterocycles. The largest absolute Gasteiger partial charge is 0.326 e. The Hall–Kier alpha value is -0.0800. The molecule has 0 bridgehead atoms. The lowest BCUT2D eigenvalue weighted by Crippen LogP contribution is -2.38. The molecular formula is C12H26N2. The van der Waals surface area contributed by atoms with E-state index in [1.807, 2.05) is 0 Å². The Labute approximate surface area is 88.6 Å². The monoisotopic (exact) mass is 198 g/mol. The molecule has 0 aromatic carbocycles. The van der Waals surface area contributed by atoms with Crippen molar-refractivity contribution in [2.75, 3.05) is 7.05 Å². The average molecular weight is 198 g/mol. The van der Waals surface area contributed by atoms with Crippen molar-refractivity contribution in [2.45, 2.75) is 64.0 Å². The fraction of sp³-hybridized carbons (Fsp3) is 1.00. The molecule has 1 aliphatic carbocycles. The Morgan fingerprint density at radius 2 is 1.93 bits per heavy atom. The highest BCUT2D eigenvalue weighted by molar-refractivity contribution is 4.83. The molecule has 1 aliphatic rings. The van der Waals surface area contributed by atoms with E-state index in [0.717, 1.165) is 12.3 Å². The Morgan fingerprint density at radius 3 is 2.36 bits per heavy atom. The summed E-state index contributed by atoms with van der Waals surface area (Å²) in [7, 11) is 2.09. The maximum absolute atomic E-state index is 6.01. The SMILES string of the molecule is CNC(CCC(C)(C)N)C1CCCC1. The molecule has 3 N–H and O–H groups in total. The van der Waals surface area contributed by atoms with Gasteiger partial charge in [-0.1, -0.05) is 12.8 Å². The maximum Gasteiger partial charge on any atom is 0.00976 e. The van der Waals surface area contributed by atoms with Gasteiger partial charge in [0.1, 0.15) is 0 Å². The number of hydrogen-bond donors (Lipinski definition) is 2. The molecule has 0 saturated heterocycles. The molecule has 14 heavy (non-hydrogen) atoms. The molecular weight excluding hydrogens is 172 g/mol. The molecule has 2 heteroatoms. The molecule has 1 fully saturated rings. The quantitative estimate of drug-likeness (QED) is 0.711. The molecule has 0 spiro atoms. The molecule has 0 amide bonds. The molecule has 0 radical (unpaired) electrons. The third-order valence-corrected chi connectivity index (χ3v) is 3.44. The third kappa shape index (κ3) is 3.97. The van der Waals surface area contributed by atoms with Gasteiger partial charge in [0.05, 0.1) is 0 Å². The van der Waals surface area contributed by atoms with E-state index in [0.29, 0.717) is 6.04 Å². The van der Waals surface area contributed by atoms with Gasteiger partial charge in [0.25, 0.3) is 0 Å². The van der Waals surface area contributed by atoms with E-state index in [1.54, 1.807) is 0 Å². The standard InChI is InChI=1S/C12H26N2/c1-12(2,13)9-8-11(14-3)10-6-4-5-7-10/h10-11,14H,4-9,13H2,1-3H3. The number of rotatable bonds is 5. The zero-order valence-electron chi connectivity index (χ0n) is 9.97. The molecule has 0 heterocycles. The maximum atomic E-state index is 6.01. The van der Waals surface area contributed by atoms with Crippen LogP contribution in [0.4, 0.5) is 0 Å². The predicted octanol–water partition coefficient (Wildman–Crippen LogP) is 2.28. The van der Waals surface area contributed by atoms with Crippen molar-refractivity contribution in [2.24, 2.45) is 11.7 Å². The van der Waals surface area contributed by atoms with Gasteiger partial charge < -0.3 is 11.1 Å². The summed E-state index contributed by atoms with van der Waals surface area (Å²) in [6, 6.07) is 0.695. The molecule has 1 rings (SSSR count). The van der Waals surface area contributed by atoms with Crippen molar-refractivity contribution in [3.63, 3.8) is 0 Å². The van der Waals surface area contributed by atoms with Gasteiger partial charge >= 0.3 is 0 Å². The highest BCUT2D eigenvalue weighted by Crippen LogP contribution is 2.30. The normalized spacial score (nSPS) is 21.4. The summed E-state index contributed by atoms with van der Waals surface area (Å²) < 4.78 is 0. The number of hydrogen-bond acceptors (Lipinski definition) is 2. The molecule has 0 aromatic rings. The lowest BCUT2D eigenvalue weighted by molar-refractivity contribution is 0.322. The number of nitrogens with one attached hydrogen (secondary N) is 1. The predicted molar refractivity (Wildman–Crippen MR) is 62.3 cm³/mol. The van der Waals surface area contributed by atoms with Gasteiger partial charge in [-0.05, 0) is 52.5 Å². The highest BCUT2D eigenvalue weighted by atomic mass is 14.9. The summed E-state index contributed by atoms with van der Waals surface area (Å²) in [6.07, 6.45) is 8.02. The van der Waals surface area contributed by atoms with Gasteiger partial charge in [-0.15, -0.1) is 0 Å². The van der Waals surface area contributed by atoms with Gasteiger partial charge in [-0.2, -0.15) is 0 Å². The highest BCUT2D eigenvalue weighted by Gasteiger charge is 2.24. The van der Waals surface area contributed by atoms with Crippen molar-refractivity contribution in [1.29, 1.82) is 0 Å². The zero-order valence-corrected chi connectivity index (χ0v) is 9.97. The van der Waals surface area contributed by atoms with Crippen LogP contribution in [0.2, 0.25) is 0 Å². The van der Waals surface area contributed by atoms with Crippen LogP contribution in [0.25, 0.3) is 0 Å². The van der Waals surface area contributed by atoms with Gasteiger partial charge in [0, 0.05) is 11.6 Å². The second-order valence-electron chi connectivity index (χ2n) is 5.47. The average Bonchev–Trinajstić information content (AvgIpc) is 2.56. The fourth-order valence-electron chi connectivity index (χ4n) is 2.50. The first-order chi connectivity index (χ1) is 6.53. The molecule has 84 valence electrons. The van der Waals surface area contributed by atoms with E-state index in [2.05, 4.69) is 26.2 Å². The van der Waals surface area contributed by atoms with E-state index in [1.165, 1.54) is 32.1 Å². The minimum Gasteiger partial charge on any atom is -0.326 e. The summed E-state index contributed by atoms with van der Waals surface area (Å²) in [5, 5.41) is 3.46. The molecule has 1 atom stereocenters. The lowest BCUT2D eigenvalue weighted by atomic mass is 9.89. The Bertz CT molecular complexity index is 154. The minimum atomic E-state index is -0.00625. The topological polar surface area (TPSA) is 38.0 Å². The van der Waals surface area contributed by atoms with Crippen molar-refractivity contribution in [1.82, 2.24) is 5.32 Å². The van der Waals surface area contributed by atoms with Crippen LogP contribution in [-0.4, -0.2) is 18.6 Å². The van der Waals surface area contributed by atoms with Crippen LogP contribution in [0, 0.1) is 5.92 Å². The first-order valence-corrected chi connectivity index (χ1v) is 5.99. The van der Waals surface area contributed by atoms with Gasteiger partial charge in [0.2, 0.25) is 0 Å². The first kappa shape index (κ1) is 12.0. The minimum absolute atomic E-state index is 0.00625. The van der Waals surface area contributed by atoms with E-state index in [-0.39, 0.29) is 5.54 Å². The first-order valence-electron chi connectivity index (χ1n) is 5.99. The Kier molecular flexibility index (Phi) is 4.39. The van der Waals surface area contributed by atoms with E-state index in [4.69, 9.17) is 5.73 Å². The Balaban J connectivity index is 2.31. The third-order valence-electron chi connectivity index (χ3n) is 3.44. The van der Waals surface area contributed by atoms with Crippen LogP contribution in [0.15, 0.2) is 0 Å². The lowest BCUT2D eigenvalue weighted by Gasteiger charge is -2.27. The number of nitrogens with two attached hydrogens (primary N) is 1. The van der Waals surface area contributed by atoms with Crippen molar-refractivity contribution in [3.05, 3.63) is 0 Å². The second kappa shape index (κ2) is 5.13. The van der Waals surface area contributed by atoms with Crippen LogP contribution in [-0.2, 0) is 0 Å². The van der Waals surface area contributed by atoms with Crippen molar-refractivity contribution >= 4 is 0 Å². The van der Waals surface area contributed by atoms with E-state index in [9.17, 15) is 0 Å². The summed E-state index contributed by atoms with van der Waals surface area (Å²) in [6.45, 7) is 4.24. The summed E-state index contributed by atoms with van der Waals surface area (Å²) in [4.78, 5) is 0. The van der Waals surface area contributed by atoms with Gasteiger partial charge in [-0.3, -0.25) is 0 Å². The second-order valence-corrected chi connectivity index (χ2v) is 5.47. The van der Waals surface area contributed by atoms with Crippen LogP contribution >= 0.6 is 0 Å². The van der Waals surface area contributed by atoms with E-state index < -0.39 is 0 Å². The molecule has 1 saturated carbocycles. The molecule has 0 aromatic heterocycles. The summed E-state index contributed by atoms with van der Waals surface area (Å²) >= 11 is 0. The van der Waals surface area contributed by atoms with Crippen molar-refractivity contribution < 1.29 is 0 Å². The van der Waals surface area contributed by atoms with Crippen LogP contribution < -0.4 is 11.1 Å². The smallest absolute Gasteiger partial charge is 0.00976 e. The molecule has 2 nitrogen and oxygen atoms in total. The van der Waals surface area contributed by atoms with Crippen LogP contribution in [0.1, 0.15) is 52.4 Å². The molecule has 1 unspecified atom stereocenters. The van der Waals surface area contributed by atoms with Gasteiger partial charge in [0.15, 0.2) is 0 Å². The van der Waals surface area contributed by atoms with Gasteiger partial charge in [-0.25, -0.2) is 0 Å². The summed E-state index contributed by atoms with van der Waals surface area (Å²) in [5.41, 5.74) is 6.00. The fourth-order valence-corrected chi connectivity index (χ4v) is 2.50. The van der Waals surface area contributed by atoms with Crippen LogP contribution in [0.3, 0.4) is 0 Å². The van der Waals surface area contributed by atoms with E-state index >= 15 is 0 Å². The Morgan fingerprint density at radius 1 is 1.36 bits per heavy atom. The summed E-state index contributed by atoms with van der Waals surface area (Å²) in [5.74, 6) is 0.905. The van der Waals surface area contributed by atoms with Crippen LogP contribution in [0.5, 0.6) is 0 Å². The zero-order chi connectivity index (χ0) is 10.6. The van der Waals surface area contributed by atoms with Crippen molar-refractivity contribution in [3.8, 4) is 0 Å².